The number of carbonyl (C=O) groups is 1. The van der Waals surface area contributed by atoms with Gasteiger partial charge in [-0.15, -0.1) is 0 Å². The molecule has 0 atom stereocenters. The molecule has 0 aliphatic heterocycles. The lowest BCUT2D eigenvalue weighted by atomic mass is 10.3. The fourth-order valence-electron chi connectivity index (χ4n) is 1.27. The molecule has 1 heterocycles. The molecule has 0 fully saturated rings. The zero-order valence-corrected chi connectivity index (χ0v) is 10.3. The highest BCUT2D eigenvalue weighted by Gasteiger charge is 2.18. The zero-order chi connectivity index (χ0) is 12.3. The number of primary amides is 1. The van der Waals surface area contributed by atoms with Gasteiger partial charge in [0.15, 0.2) is 5.03 Å². The van der Waals surface area contributed by atoms with Gasteiger partial charge in [-0.2, -0.15) is 0 Å². The van der Waals surface area contributed by atoms with Crippen molar-refractivity contribution in [3.05, 3.63) is 12.0 Å². The monoisotopic (exact) mass is 265 g/mol. The zero-order valence-electron chi connectivity index (χ0n) is 8.68. The fourth-order valence-corrected chi connectivity index (χ4v) is 1.96. The van der Waals surface area contributed by atoms with Crippen molar-refractivity contribution in [1.29, 1.82) is 0 Å². The van der Waals surface area contributed by atoms with Crippen molar-refractivity contribution in [3.63, 3.8) is 0 Å². The minimum absolute atomic E-state index is 0.102. The van der Waals surface area contributed by atoms with Gasteiger partial charge < -0.3 is 10.3 Å². The number of amides is 1. The summed E-state index contributed by atoms with van der Waals surface area (Å²) < 4.78 is 23.5. The number of hydrogen-bond donors (Lipinski definition) is 1. The smallest absolute Gasteiger partial charge is 0.280 e. The van der Waals surface area contributed by atoms with Crippen molar-refractivity contribution < 1.29 is 13.2 Å². The van der Waals surface area contributed by atoms with Gasteiger partial charge in [0, 0.05) is 23.3 Å². The van der Waals surface area contributed by atoms with E-state index >= 15 is 0 Å². The number of nitrogens with zero attached hydrogens (tertiary/aromatic N) is 2. The van der Waals surface area contributed by atoms with Crippen LogP contribution in [-0.2, 0) is 26.8 Å². The van der Waals surface area contributed by atoms with Gasteiger partial charge in [0.1, 0.15) is 12.4 Å². The molecule has 1 rings (SSSR count). The van der Waals surface area contributed by atoms with Crippen LogP contribution in [0.1, 0.15) is 19.2 Å². The maximum Gasteiger partial charge on any atom is 0.280 e. The van der Waals surface area contributed by atoms with Gasteiger partial charge in [-0.3, -0.25) is 4.79 Å². The van der Waals surface area contributed by atoms with Crippen LogP contribution < -0.4 is 5.73 Å². The summed E-state index contributed by atoms with van der Waals surface area (Å²) in [7, 11) is 1.29. The van der Waals surface area contributed by atoms with Crippen LogP contribution in [0.15, 0.2) is 11.2 Å². The van der Waals surface area contributed by atoms with Crippen molar-refractivity contribution in [2.75, 3.05) is 0 Å². The molecule has 0 saturated heterocycles. The van der Waals surface area contributed by atoms with E-state index in [1.165, 1.54) is 10.8 Å². The lowest BCUT2D eigenvalue weighted by molar-refractivity contribution is -0.118. The molecule has 0 spiro atoms. The Kier molecular flexibility index (Phi) is 3.93. The van der Waals surface area contributed by atoms with Gasteiger partial charge in [0.05, 0.1) is 0 Å². The third kappa shape index (κ3) is 3.21. The Hall–Kier alpha value is -1.08. The maximum atomic E-state index is 11.1. The summed E-state index contributed by atoms with van der Waals surface area (Å²) in [6, 6.07) is 0. The van der Waals surface area contributed by atoms with Crippen molar-refractivity contribution in [2.45, 2.75) is 31.3 Å². The lowest BCUT2D eigenvalue weighted by Crippen LogP contribution is -2.19. The summed E-state index contributed by atoms with van der Waals surface area (Å²) in [5.41, 5.74) is 5.04. The summed E-state index contributed by atoms with van der Waals surface area (Å²) in [4.78, 5) is 14.6. The standard InChI is InChI=1S/C8H12ClN3O3S/c1-2-3-7-11-8(16(9,14)15)5-12(7)4-6(10)13/h5H,2-4H2,1H3,(H2,10,13). The first kappa shape index (κ1) is 13.0. The highest BCUT2D eigenvalue weighted by molar-refractivity contribution is 8.13. The first-order chi connectivity index (χ1) is 7.34. The van der Waals surface area contributed by atoms with Gasteiger partial charge in [-0.1, -0.05) is 6.92 Å². The average molecular weight is 266 g/mol. The number of hydrogen-bond acceptors (Lipinski definition) is 4. The van der Waals surface area contributed by atoms with E-state index in [4.69, 9.17) is 16.4 Å². The number of halogens is 1. The van der Waals surface area contributed by atoms with Crippen LogP contribution in [-0.4, -0.2) is 23.9 Å². The number of carbonyl (C=O) groups excluding carboxylic acids is 1. The van der Waals surface area contributed by atoms with Gasteiger partial charge in [0.2, 0.25) is 5.91 Å². The molecule has 90 valence electrons. The van der Waals surface area contributed by atoms with E-state index in [1.807, 2.05) is 6.92 Å². The molecular formula is C8H12ClN3O3S. The average Bonchev–Trinajstić information content (AvgIpc) is 2.47. The highest BCUT2D eigenvalue weighted by Crippen LogP contribution is 2.15. The second-order valence-electron chi connectivity index (χ2n) is 3.28. The molecule has 0 aliphatic carbocycles. The van der Waals surface area contributed by atoms with Gasteiger partial charge in [0.25, 0.3) is 9.05 Å². The molecule has 1 amide bonds. The number of rotatable bonds is 5. The number of nitrogens with two attached hydrogens (primary N) is 1. The second kappa shape index (κ2) is 4.84. The first-order valence-electron chi connectivity index (χ1n) is 4.63. The third-order valence-corrected chi connectivity index (χ3v) is 3.06. The summed E-state index contributed by atoms with van der Waals surface area (Å²) in [5, 5.41) is -0.251. The van der Waals surface area contributed by atoms with Gasteiger partial charge in [-0.25, -0.2) is 13.4 Å². The Balaban J connectivity index is 3.14. The predicted molar refractivity (Wildman–Crippen MR) is 58.5 cm³/mol. The summed E-state index contributed by atoms with van der Waals surface area (Å²) in [6.07, 6.45) is 2.55. The lowest BCUT2D eigenvalue weighted by Gasteiger charge is -2.02. The van der Waals surface area contributed by atoms with E-state index in [2.05, 4.69) is 4.98 Å². The van der Waals surface area contributed by atoms with Gasteiger partial charge in [-0.05, 0) is 6.42 Å². The van der Waals surface area contributed by atoms with Crippen LogP contribution in [0.3, 0.4) is 0 Å². The molecule has 1 aromatic heterocycles. The van der Waals surface area contributed by atoms with E-state index in [1.54, 1.807) is 0 Å². The van der Waals surface area contributed by atoms with E-state index in [0.29, 0.717) is 12.2 Å². The fraction of sp³-hybridized carbons (Fsp3) is 0.500. The van der Waals surface area contributed by atoms with Crippen LogP contribution in [0.4, 0.5) is 0 Å². The van der Waals surface area contributed by atoms with Crippen LogP contribution in [0, 0.1) is 0 Å². The molecule has 0 saturated carbocycles. The SMILES string of the molecule is CCCc1nc(S(=O)(=O)Cl)cn1CC(N)=O. The molecule has 1 aromatic rings. The van der Waals surface area contributed by atoms with Gasteiger partial charge >= 0.3 is 0 Å². The summed E-state index contributed by atoms with van der Waals surface area (Å²) in [6.45, 7) is 1.81. The number of aromatic nitrogens is 2. The molecule has 2 N–H and O–H groups in total. The molecule has 0 bridgehead atoms. The molecule has 16 heavy (non-hydrogen) atoms. The molecule has 8 heteroatoms. The third-order valence-electron chi connectivity index (χ3n) is 1.89. The Morgan fingerprint density at radius 3 is 2.69 bits per heavy atom. The van der Waals surface area contributed by atoms with Crippen molar-refractivity contribution in [1.82, 2.24) is 9.55 Å². The number of imidazole rings is 1. The minimum Gasteiger partial charge on any atom is -0.368 e. The summed E-state index contributed by atoms with van der Waals surface area (Å²) >= 11 is 0. The predicted octanol–water partition coefficient (Wildman–Crippen LogP) is 0.248. The second-order valence-corrected chi connectivity index (χ2v) is 5.79. The van der Waals surface area contributed by atoms with Crippen LogP contribution in [0.2, 0.25) is 0 Å². The van der Waals surface area contributed by atoms with Crippen molar-refractivity contribution in [2.24, 2.45) is 5.73 Å². The Bertz CT molecular complexity index is 495. The van der Waals surface area contributed by atoms with E-state index < -0.39 is 15.0 Å². The molecule has 0 unspecified atom stereocenters. The summed E-state index contributed by atoms with van der Waals surface area (Å²) in [5.74, 6) is -0.0752. The molecule has 6 nitrogen and oxygen atoms in total. The normalized spacial score (nSPS) is 11.6. The van der Waals surface area contributed by atoms with E-state index in [0.717, 1.165) is 6.42 Å². The molecule has 0 radical (unpaired) electrons. The van der Waals surface area contributed by atoms with Crippen LogP contribution in [0.5, 0.6) is 0 Å². The Labute approximate surface area is 97.8 Å². The largest absolute Gasteiger partial charge is 0.368 e. The van der Waals surface area contributed by atoms with Crippen molar-refractivity contribution >= 4 is 25.6 Å². The molecule has 0 aliphatic rings. The topological polar surface area (TPSA) is 95.1 Å². The van der Waals surface area contributed by atoms with E-state index in [9.17, 15) is 13.2 Å². The maximum absolute atomic E-state index is 11.1. The molecular weight excluding hydrogens is 254 g/mol. The Morgan fingerprint density at radius 1 is 1.62 bits per heavy atom. The highest BCUT2D eigenvalue weighted by atomic mass is 35.7. The Morgan fingerprint density at radius 2 is 2.25 bits per heavy atom. The van der Waals surface area contributed by atoms with Crippen molar-refractivity contribution in [3.8, 4) is 0 Å². The minimum atomic E-state index is -3.87. The van der Waals surface area contributed by atoms with Crippen LogP contribution in [0.25, 0.3) is 0 Å². The molecule has 0 aromatic carbocycles. The van der Waals surface area contributed by atoms with Crippen LogP contribution >= 0.6 is 10.7 Å². The first-order valence-corrected chi connectivity index (χ1v) is 6.94. The van der Waals surface area contributed by atoms with E-state index in [-0.39, 0.29) is 11.6 Å². The quantitative estimate of drug-likeness (QED) is 0.772. The number of aryl methyl sites for hydroxylation is 1.